The molecule has 3 N–H and O–H groups in total. The van der Waals surface area contributed by atoms with Crippen LogP contribution in [0.3, 0.4) is 0 Å². The van der Waals surface area contributed by atoms with Crippen LogP contribution in [-0.2, 0) is 51.5 Å². The normalized spacial score (nSPS) is 21.2. The molecule has 15 nitrogen and oxygen atoms in total. The fraction of sp³-hybridized carbons (Fsp3) is 0.361. The van der Waals surface area contributed by atoms with Crippen LogP contribution >= 0.6 is 0 Å². The lowest BCUT2D eigenvalue weighted by Crippen LogP contribution is -2.32. The average molecular weight is 1060 g/mol. The van der Waals surface area contributed by atoms with Crippen molar-refractivity contribution in [3.8, 4) is 0 Å². The van der Waals surface area contributed by atoms with Gasteiger partial charge in [0.2, 0.25) is 23.4 Å². The first-order valence-corrected chi connectivity index (χ1v) is 28.0. The van der Waals surface area contributed by atoms with Crippen molar-refractivity contribution >= 4 is 79.1 Å². The molecule has 0 spiro atoms. The van der Waals surface area contributed by atoms with Crippen LogP contribution in [0.5, 0.6) is 0 Å². The van der Waals surface area contributed by atoms with Gasteiger partial charge in [-0.3, -0.25) is 38.4 Å². The van der Waals surface area contributed by atoms with E-state index in [2.05, 4.69) is 115 Å². The van der Waals surface area contributed by atoms with Crippen LogP contribution in [0.2, 0.25) is 0 Å². The Morgan fingerprint density at radius 3 is 2.32 bits per heavy atom. The Labute approximate surface area is 449 Å². The maximum Gasteiger partial charge on any atom is 0.307 e. The summed E-state index contributed by atoms with van der Waals surface area (Å²) in [7, 11) is -4.42. The average Bonchev–Trinajstić information content (AvgIpc) is 4.26. The molecule has 398 valence electrons. The summed E-state index contributed by atoms with van der Waals surface area (Å²) >= 11 is 0. The van der Waals surface area contributed by atoms with Crippen molar-refractivity contribution in [2.45, 2.75) is 102 Å². The molecule has 5 aliphatic rings. The highest BCUT2D eigenvalue weighted by Crippen LogP contribution is 2.53. The van der Waals surface area contributed by atoms with Gasteiger partial charge in [-0.25, -0.2) is 0 Å². The number of imide groups is 1. The number of unbranched alkanes of at least 4 members (excludes halogenated alkanes) is 2. The summed E-state index contributed by atoms with van der Waals surface area (Å²) in [6, 6.07) is 24.9. The first-order valence-electron chi connectivity index (χ1n) is 26.6. The number of esters is 1. The molecule has 77 heavy (non-hydrogen) atoms. The highest BCUT2D eigenvalue weighted by atomic mass is 32.2. The smallest absolute Gasteiger partial charge is 0.307 e. The number of para-hydroxylation sites is 1. The summed E-state index contributed by atoms with van der Waals surface area (Å²) in [6.45, 7) is 14.4. The number of aromatic nitrogens is 1. The number of nitrogens with one attached hydrogen (secondary N) is 2. The zero-order valence-electron chi connectivity index (χ0n) is 44.3. The molecule has 0 radical (unpaired) electrons. The van der Waals surface area contributed by atoms with Crippen molar-refractivity contribution in [1.29, 1.82) is 0 Å². The summed E-state index contributed by atoms with van der Waals surface area (Å²) in [4.78, 5) is 73.8. The van der Waals surface area contributed by atoms with Crippen molar-refractivity contribution in [1.82, 2.24) is 10.3 Å². The van der Waals surface area contributed by atoms with Crippen LogP contribution in [0.25, 0.3) is 10.9 Å². The number of hydrogen-bond donors (Lipinski definition) is 3. The third-order valence-electron chi connectivity index (χ3n) is 16.3. The number of likely N-dealkylation sites (N-methyl/N-ethyl adjacent to an activating group) is 1. The van der Waals surface area contributed by atoms with Crippen LogP contribution in [-0.4, -0.2) is 77.5 Å². The van der Waals surface area contributed by atoms with Crippen LogP contribution < -0.4 is 20.4 Å². The van der Waals surface area contributed by atoms with Gasteiger partial charge in [0.25, 0.3) is 16.0 Å². The molecule has 1 saturated heterocycles. The molecular weight excluding hydrogens is 993 g/mol. The fourth-order valence-electron chi connectivity index (χ4n) is 12.3. The van der Waals surface area contributed by atoms with Gasteiger partial charge in [0, 0.05) is 83.1 Å². The highest BCUT2D eigenvalue weighted by Gasteiger charge is 2.59. The molecule has 4 aromatic carbocycles. The van der Waals surface area contributed by atoms with Crippen LogP contribution in [0, 0.1) is 30.6 Å². The molecule has 1 saturated carbocycles. The molecule has 4 amide bonds. The monoisotopic (exact) mass is 1060 g/mol. The van der Waals surface area contributed by atoms with Gasteiger partial charge >= 0.3 is 5.97 Å². The number of fused-ring (bicyclic) bond motifs is 8. The number of carbonyl (C=O) groups excluding carboxylic acids is 5. The lowest BCUT2D eigenvalue weighted by molar-refractivity contribution is -0.438. The Morgan fingerprint density at radius 1 is 0.870 bits per heavy atom. The molecule has 4 atom stereocenters. The van der Waals surface area contributed by atoms with Gasteiger partial charge in [0.15, 0.2) is 5.71 Å². The number of hydrogen-bond acceptors (Lipinski definition) is 10. The minimum absolute atomic E-state index is 0.0266. The predicted octanol–water partition coefficient (Wildman–Crippen LogP) is 9.80. The third kappa shape index (κ3) is 9.93. The van der Waals surface area contributed by atoms with E-state index in [9.17, 15) is 36.9 Å². The molecule has 16 heteroatoms. The van der Waals surface area contributed by atoms with Gasteiger partial charge in [-0.1, -0.05) is 61.9 Å². The van der Waals surface area contributed by atoms with Crippen molar-refractivity contribution < 1.29 is 46.3 Å². The SMILES string of the molecule is CCN1/C(=C/C=C/C2=[N+](CCCCCC(=O)NCCC(=O)OCc3ccnc4c(NC(=O)c5ccc(N6C(=O)C7C8C=CC(C8)C7C6=O)cc5)cccc34)c3ccc(S(=O)(=O)O)cc3C2(C)C)C(C)(C)c2cc(C)ccc21. The zero-order valence-corrected chi connectivity index (χ0v) is 45.2. The van der Waals surface area contributed by atoms with Crippen molar-refractivity contribution in [3.63, 3.8) is 0 Å². The van der Waals surface area contributed by atoms with Gasteiger partial charge in [0.1, 0.15) is 13.2 Å². The van der Waals surface area contributed by atoms with E-state index in [1.807, 2.05) is 6.07 Å². The van der Waals surface area contributed by atoms with Gasteiger partial charge in [-0.05, 0) is 125 Å². The van der Waals surface area contributed by atoms with E-state index in [1.165, 1.54) is 33.5 Å². The number of pyridine rings is 1. The topological polar surface area (TPSA) is 195 Å². The van der Waals surface area contributed by atoms with Gasteiger partial charge in [-0.15, -0.1) is 0 Å². The quantitative estimate of drug-likeness (QED) is 0.0189. The van der Waals surface area contributed by atoms with Crippen molar-refractivity contribution in [2.24, 2.45) is 23.7 Å². The fourth-order valence-corrected chi connectivity index (χ4v) is 12.9. The van der Waals surface area contributed by atoms with E-state index >= 15 is 0 Å². The van der Waals surface area contributed by atoms with Gasteiger partial charge < -0.3 is 20.3 Å². The van der Waals surface area contributed by atoms with E-state index in [-0.39, 0.29) is 77.7 Å². The largest absolute Gasteiger partial charge is 0.461 e. The summed E-state index contributed by atoms with van der Waals surface area (Å²) in [6.07, 6.45) is 15.3. The summed E-state index contributed by atoms with van der Waals surface area (Å²) in [5.74, 6) is -1.84. The molecular formula is C61H65N6O9S+. The molecule has 2 bridgehead atoms. The van der Waals surface area contributed by atoms with Gasteiger partial charge in [0.05, 0.1) is 45.5 Å². The van der Waals surface area contributed by atoms with E-state index in [0.717, 1.165) is 42.8 Å². The van der Waals surface area contributed by atoms with Crippen molar-refractivity contribution in [2.75, 3.05) is 34.8 Å². The second-order valence-electron chi connectivity index (χ2n) is 21.9. The number of aryl methyl sites for hydroxylation is 1. The third-order valence-corrected chi connectivity index (χ3v) is 17.2. The van der Waals surface area contributed by atoms with Gasteiger partial charge in [-0.2, -0.15) is 13.0 Å². The molecule has 4 heterocycles. The Balaban J connectivity index is 0.702. The Bertz CT molecular complexity index is 3470. The lowest BCUT2D eigenvalue weighted by Gasteiger charge is -2.25. The Morgan fingerprint density at radius 2 is 1.61 bits per heavy atom. The lowest BCUT2D eigenvalue weighted by atomic mass is 9.81. The molecule has 3 aliphatic heterocycles. The summed E-state index contributed by atoms with van der Waals surface area (Å²) in [5.41, 5.74) is 9.16. The first-order chi connectivity index (χ1) is 36.8. The maximum absolute atomic E-state index is 13.5. The summed E-state index contributed by atoms with van der Waals surface area (Å²) < 4.78 is 42.3. The second kappa shape index (κ2) is 20.8. The zero-order chi connectivity index (χ0) is 54.6. The van der Waals surface area contributed by atoms with Crippen LogP contribution in [0.1, 0.15) is 106 Å². The second-order valence-corrected chi connectivity index (χ2v) is 23.3. The molecule has 2 aliphatic carbocycles. The van der Waals surface area contributed by atoms with Crippen LogP contribution in [0.15, 0.2) is 132 Å². The molecule has 1 aromatic heterocycles. The standard InChI is InChI=1S/C61H64N6O9S/c1-7-65-48-26-18-37(2)33-45(48)60(3,4)50(65)15-12-16-51-61(5,6)46-35-43(77(73,74)75)25-27-49(46)66(51)32-10-8-9-17-52(68)62-31-29-53(69)76-36-41-28-30-63-56-44(41)13-11-14-47(56)64-57(70)38-21-23-42(24-22-38)67-58(71)54-39-19-20-40(34-39)55(54)59(67)72/h11-16,18-28,30,33,35,39-40,54-55H,7-10,17,29,31-32,34,36H2,1-6H3,(H2-,62,64,68,70,73,74,75)/p+1. The minimum Gasteiger partial charge on any atom is -0.461 e. The molecule has 4 unspecified atom stereocenters. The van der Waals surface area contributed by atoms with Crippen molar-refractivity contribution in [3.05, 3.63) is 155 Å². The Kier molecular flexibility index (Phi) is 14.3. The highest BCUT2D eigenvalue weighted by molar-refractivity contribution is 7.85. The van der Waals surface area contributed by atoms with E-state index in [0.29, 0.717) is 46.4 Å². The van der Waals surface area contributed by atoms with E-state index < -0.39 is 27.4 Å². The number of amides is 4. The maximum atomic E-state index is 13.5. The van der Waals surface area contributed by atoms with Crippen LogP contribution in [0.4, 0.5) is 22.7 Å². The predicted molar refractivity (Wildman–Crippen MR) is 296 cm³/mol. The number of benzene rings is 4. The number of carbonyl (C=O) groups is 5. The minimum atomic E-state index is -4.42. The van der Waals surface area contributed by atoms with E-state index in [4.69, 9.17) is 4.74 Å². The van der Waals surface area contributed by atoms with E-state index in [1.54, 1.807) is 60.8 Å². The molecule has 2 fully saturated rings. The number of nitrogens with zero attached hydrogens (tertiary/aromatic N) is 4. The molecule has 10 rings (SSSR count). The molecule has 5 aromatic rings. The number of anilines is 3. The number of allylic oxidation sites excluding steroid dienone is 6. The number of ether oxygens (including phenoxy) is 1. The Hall–Kier alpha value is -7.56. The number of rotatable bonds is 18. The summed E-state index contributed by atoms with van der Waals surface area (Å²) in [5, 5.41) is 6.44. The first kappa shape index (κ1) is 52.9.